The van der Waals surface area contributed by atoms with Gasteiger partial charge in [0.15, 0.2) is 0 Å². The second-order valence-corrected chi connectivity index (χ2v) is 6.53. The van der Waals surface area contributed by atoms with Crippen molar-refractivity contribution in [3.8, 4) is 0 Å². The fourth-order valence-corrected chi connectivity index (χ4v) is 3.31. The Kier molecular flexibility index (Phi) is 6.24. The summed E-state index contributed by atoms with van der Waals surface area (Å²) in [6.45, 7) is 6.48. The molecule has 7 nitrogen and oxygen atoms in total. The Morgan fingerprint density at radius 1 is 1.46 bits per heavy atom. The molecule has 0 radical (unpaired) electrons. The molecule has 0 spiro atoms. The van der Waals surface area contributed by atoms with E-state index in [1.165, 1.54) is 0 Å². The number of fused-ring (bicyclic) bond motifs is 1. The molecule has 1 atom stereocenters. The molecule has 8 heteroatoms. The molecule has 1 aliphatic carbocycles. The minimum Gasteiger partial charge on any atom is -0.462 e. The van der Waals surface area contributed by atoms with Gasteiger partial charge in [-0.25, -0.2) is 9.79 Å². The van der Waals surface area contributed by atoms with E-state index in [0.29, 0.717) is 23.0 Å². The predicted octanol–water partition coefficient (Wildman–Crippen LogP) is 1.02. The van der Waals surface area contributed by atoms with E-state index in [1.807, 2.05) is 6.08 Å². The molecule has 0 bridgehead atoms. The van der Waals surface area contributed by atoms with Gasteiger partial charge in [0.05, 0.1) is 31.5 Å². The summed E-state index contributed by atoms with van der Waals surface area (Å²) in [5.41, 5.74) is 1.03. The lowest BCUT2D eigenvalue weighted by atomic mass is 9.89. The van der Waals surface area contributed by atoms with E-state index in [2.05, 4.69) is 15.2 Å². The molecule has 0 aromatic heterocycles. The van der Waals surface area contributed by atoms with Crippen molar-refractivity contribution in [2.75, 3.05) is 46.0 Å². The molecule has 2 heterocycles. The van der Waals surface area contributed by atoms with Gasteiger partial charge in [0, 0.05) is 36.9 Å². The summed E-state index contributed by atoms with van der Waals surface area (Å²) in [6, 6.07) is 0. The Morgan fingerprint density at radius 3 is 2.96 bits per heavy atom. The van der Waals surface area contributed by atoms with E-state index < -0.39 is 11.9 Å². The minimum atomic E-state index is -0.650. The van der Waals surface area contributed by atoms with Gasteiger partial charge >= 0.3 is 5.97 Å². The van der Waals surface area contributed by atoms with Crippen LogP contribution in [0.5, 0.6) is 0 Å². The van der Waals surface area contributed by atoms with E-state index in [0.717, 1.165) is 32.8 Å². The third-order valence-electron chi connectivity index (χ3n) is 4.40. The molecule has 3 rings (SSSR count). The third-order valence-corrected chi connectivity index (χ3v) is 4.64. The summed E-state index contributed by atoms with van der Waals surface area (Å²) in [6.07, 6.45) is 5.23. The Bertz CT molecular complexity index is 705. The molecular weight excluding hydrogens is 358 g/mol. The maximum absolute atomic E-state index is 12.4. The fraction of sp³-hybridized carbons (Fsp3) is 0.500. The number of morpholine rings is 1. The smallest absolute Gasteiger partial charge is 0.345 e. The van der Waals surface area contributed by atoms with Gasteiger partial charge in [-0.15, -0.1) is 0 Å². The lowest BCUT2D eigenvalue weighted by Gasteiger charge is -2.29. The topological polar surface area (TPSA) is 80.2 Å². The van der Waals surface area contributed by atoms with Crippen LogP contribution in [0.4, 0.5) is 0 Å². The van der Waals surface area contributed by atoms with Crippen molar-refractivity contribution in [3.05, 3.63) is 34.5 Å². The highest BCUT2D eigenvalue weighted by Crippen LogP contribution is 2.29. The molecule has 0 aromatic rings. The molecule has 1 N–H and O–H groups in total. The first kappa shape index (κ1) is 18.8. The van der Waals surface area contributed by atoms with Crippen LogP contribution in [0.15, 0.2) is 39.5 Å². The van der Waals surface area contributed by atoms with Gasteiger partial charge < -0.3 is 14.8 Å². The van der Waals surface area contributed by atoms with Crippen molar-refractivity contribution in [2.45, 2.75) is 6.92 Å². The molecule has 1 amide bonds. The fourth-order valence-electron chi connectivity index (χ4n) is 3.13. The van der Waals surface area contributed by atoms with Crippen molar-refractivity contribution in [1.82, 2.24) is 10.2 Å². The van der Waals surface area contributed by atoms with Gasteiger partial charge in [-0.3, -0.25) is 9.69 Å². The van der Waals surface area contributed by atoms with Crippen molar-refractivity contribution < 1.29 is 19.1 Å². The highest BCUT2D eigenvalue weighted by molar-refractivity contribution is 6.34. The van der Waals surface area contributed by atoms with Crippen LogP contribution in [0.25, 0.3) is 0 Å². The maximum Gasteiger partial charge on any atom is 0.345 e. The Balaban J connectivity index is 1.79. The van der Waals surface area contributed by atoms with Crippen LogP contribution in [0.3, 0.4) is 0 Å². The molecular formula is C18H22ClN3O4. The van der Waals surface area contributed by atoms with Gasteiger partial charge in [0.1, 0.15) is 5.57 Å². The van der Waals surface area contributed by atoms with Crippen LogP contribution in [0.2, 0.25) is 0 Å². The summed E-state index contributed by atoms with van der Waals surface area (Å²) < 4.78 is 10.4. The first-order chi connectivity index (χ1) is 12.6. The summed E-state index contributed by atoms with van der Waals surface area (Å²) in [4.78, 5) is 31.1. The SMILES string of the molecule is CCOC(=O)C1=C(NCCN2CCOCC2)C2C=CC(Cl)=CC2=NC1=O. The third kappa shape index (κ3) is 4.23. The molecule has 0 aromatic carbocycles. The summed E-state index contributed by atoms with van der Waals surface area (Å²) in [5.74, 6) is -1.55. The molecule has 26 heavy (non-hydrogen) atoms. The first-order valence-corrected chi connectivity index (χ1v) is 9.11. The lowest BCUT2D eigenvalue weighted by Crippen LogP contribution is -2.42. The summed E-state index contributed by atoms with van der Waals surface area (Å²) >= 11 is 6.02. The van der Waals surface area contributed by atoms with Gasteiger partial charge in [-0.1, -0.05) is 17.7 Å². The number of halogens is 1. The quantitative estimate of drug-likeness (QED) is 0.548. The largest absolute Gasteiger partial charge is 0.462 e. The number of aliphatic imine (C=N–C) groups is 1. The average Bonchev–Trinajstić information content (AvgIpc) is 2.62. The second-order valence-electron chi connectivity index (χ2n) is 6.10. The van der Waals surface area contributed by atoms with Crippen LogP contribution in [-0.2, 0) is 19.1 Å². The van der Waals surface area contributed by atoms with Gasteiger partial charge in [-0.2, -0.15) is 0 Å². The van der Waals surface area contributed by atoms with Crippen LogP contribution in [0.1, 0.15) is 6.92 Å². The summed E-state index contributed by atoms with van der Waals surface area (Å²) in [5, 5.41) is 3.77. The van der Waals surface area contributed by atoms with Crippen molar-refractivity contribution in [3.63, 3.8) is 0 Å². The van der Waals surface area contributed by atoms with Crippen LogP contribution in [0, 0.1) is 5.92 Å². The minimum absolute atomic E-state index is 0.0290. The van der Waals surface area contributed by atoms with E-state index in [1.54, 1.807) is 19.1 Å². The standard InChI is InChI=1S/C18H22ClN3O4/c1-2-26-18(24)15-16(20-5-6-22-7-9-25-10-8-22)13-4-3-12(19)11-14(13)21-17(15)23/h3-4,11,13,20H,2,5-10H2,1H3. The number of hydrogen-bond donors (Lipinski definition) is 1. The molecule has 3 aliphatic rings. The van der Waals surface area contributed by atoms with E-state index in [4.69, 9.17) is 21.1 Å². The molecule has 1 unspecified atom stereocenters. The van der Waals surface area contributed by atoms with Gasteiger partial charge in [-0.05, 0) is 19.1 Å². The number of nitrogens with one attached hydrogen (secondary N) is 1. The van der Waals surface area contributed by atoms with E-state index >= 15 is 0 Å². The van der Waals surface area contributed by atoms with Crippen molar-refractivity contribution >= 4 is 29.2 Å². The number of rotatable bonds is 6. The highest BCUT2D eigenvalue weighted by atomic mass is 35.5. The number of esters is 1. The molecule has 1 fully saturated rings. The lowest BCUT2D eigenvalue weighted by molar-refractivity contribution is -0.140. The summed E-state index contributed by atoms with van der Waals surface area (Å²) in [7, 11) is 0. The predicted molar refractivity (Wildman–Crippen MR) is 97.9 cm³/mol. The number of allylic oxidation sites excluding steroid dienone is 4. The maximum atomic E-state index is 12.4. The zero-order valence-corrected chi connectivity index (χ0v) is 15.4. The normalized spacial score (nSPS) is 23.3. The number of carbonyl (C=O) groups is 2. The van der Waals surface area contributed by atoms with Crippen molar-refractivity contribution in [2.24, 2.45) is 10.9 Å². The van der Waals surface area contributed by atoms with E-state index in [9.17, 15) is 9.59 Å². The zero-order valence-electron chi connectivity index (χ0n) is 14.7. The van der Waals surface area contributed by atoms with E-state index in [-0.39, 0.29) is 18.1 Å². The highest BCUT2D eigenvalue weighted by Gasteiger charge is 2.35. The number of carbonyl (C=O) groups excluding carboxylic acids is 2. The monoisotopic (exact) mass is 379 g/mol. The van der Waals surface area contributed by atoms with Crippen LogP contribution >= 0.6 is 11.6 Å². The Morgan fingerprint density at radius 2 is 2.23 bits per heavy atom. The molecule has 2 aliphatic heterocycles. The van der Waals surface area contributed by atoms with Gasteiger partial charge in [0.2, 0.25) is 0 Å². The number of hydrogen-bond acceptors (Lipinski definition) is 6. The second kappa shape index (κ2) is 8.62. The zero-order chi connectivity index (χ0) is 18.5. The Labute approximate surface area is 157 Å². The Hall–Kier alpha value is -1.96. The number of dihydropyridines is 1. The number of amides is 1. The van der Waals surface area contributed by atoms with Gasteiger partial charge in [0.25, 0.3) is 5.91 Å². The average molecular weight is 380 g/mol. The van der Waals surface area contributed by atoms with Crippen LogP contribution < -0.4 is 5.32 Å². The first-order valence-electron chi connectivity index (χ1n) is 8.73. The number of nitrogens with zero attached hydrogens (tertiary/aromatic N) is 2. The van der Waals surface area contributed by atoms with Crippen LogP contribution in [-0.4, -0.2) is 68.5 Å². The molecule has 1 saturated heterocycles. The number of ether oxygens (including phenoxy) is 2. The molecule has 0 saturated carbocycles. The van der Waals surface area contributed by atoms with Crippen molar-refractivity contribution in [1.29, 1.82) is 0 Å². The molecule has 140 valence electrons.